The second-order valence-corrected chi connectivity index (χ2v) is 6.12. The molecule has 1 aliphatic carbocycles. The lowest BCUT2D eigenvalue weighted by molar-refractivity contribution is 0.0522. The van der Waals surface area contributed by atoms with Crippen LogP contribution < -0.4 is 0 Å². The van der Waals surface area contributed by atoms with Gasteiger partial charge in [0.2, 0.25) is 0 Å². The molecule has 1 N–H and O–H groups in total. The summed E-state index contributed by atoms with van der Waals surface area (Å²) in [6, 6.07) is 8.33. The fourth-order valence-corrected chi connectivity index (χ4v) is 3.58. The molecule has 0 fully saturated rings. The zero-order chi connectivity index (χ0) is 17.3. The number of hydrogen-bond acceptors (Lipinski definition) is 3. The van der Waals surface area contributed by atoms with Crippen LogP contribution in [0.5, 0.6) is 5.75 Å². The van der Waals surface area contributed by atoms with Crippen molar-refractivity contribution in [1.82, 2.24) is 0 Å². The van der Waals surface area contributed by atoms with Crippen LogP contribution in [0.25, 0.3) is 0 Å². The lowest BCUT2D eigenvalue weighted by Crippen LogP contribution is -2.17. The van der Waals surface area contributed by atoms with E-state index in [0.717, 1.165) is 35.1 Å². The van der Waals surface area contributed by atoms with Gasteiger partial charge in [-0.1, -0.05) is 30.3 Å². The van der Waals surface area contributed by atoms with Crippen molar-refractivity contribution in [3.63, 3.8) is 0 Å². The molecule has 1 aliphatic rings. The molecule has 0 spiro atoms. The van der Waals surface area contributed by atoms with Gasteiger partial charge in [0.05, 0.1) is 6.61 Å². The smallest absolute Gasteiger partial charge is 0.342 e. The Morgan fingerprint density at radius 3 is 2.46 bits per heavy atom. The number of carbonyl (C=O) groups is 1. The number of aromatic hydroxyl groups is 1. The van der Waals surface area contributed by atoms with E-state index in [1.807, 2.05) is 19.1 Å². The van der Waals surface area contributed by atoms with Crippen molar-refractivity contribution in [2.45, 2.75) is 33.1 Å². The monoisotopic (exact) mass is 322 g/mol. The molecule has 0 bridgehead atoms. The molecule has 0 amide bonds. The zero-order valence-corrected chi connectivity index (χ0v) is 14.2. The van der Waals surface area contributed by atoms with Crippen LogP contribution in [0.1, 0.15) is 50.7 Å². The van der Waals surface area contributed by atoms with Gasteiger partial charge in [0, 0.05) is 5.56 Å². The summed E-state index contributed by atoms with van der Waals surface area (Å²) in [5.74, 6) is -0.413. The van der Waals surface area contributed by atoms with E-state index < -0.39 is 5.97 Å². The highest BCUT2D eigenvalue weighted by Crippen LogP contribution is 2.39. The van der Waals surface area contributed by atoms with Gasteiger partial charge in [-0.2, -0.15) is 0 Å². The van der Waals surface area contributed by atoms with Crippen LogP contribution in [0.15, 0.2) is 36.9 Å². The van der Waals surface area contributed by atoms with Crippen molar-refractivity contribution in [2.24, 2.45) is 0 Å². The zero-order valence-electron chi connectivity index (χ0n) is 14.2. The van der Waals surface area contributed by atoms with Crippen molar-refractivity contribution < 1.29 is 14.6 Å². The summed E-state index contributed by atoms with van der Waals surface area (Å²) in [4.78, 5) is 12.4. The number of phenolic OH excluding ortho intramolecular Hbond substituents is 1. The number of allylic oxidation sites excluding steroid dienone is 1. The Balaban J connectivity index is 2.22. The molecule has 0 saturated carbocycles. The minimum atomic E-state index is -0.459. The maximum atomic E-state index is 12.4. The molecule has 3 heteroatoms. The van der Waals surface area contributed by atoms with E-state index in [9.17, 15) is 9.90 Å². The number of esters is 1. The van der Waals surface area contributed by atoms with Gasteiger partial charge in [-0.25, -0.2) is 4.79 Å². The summed E-state index contributed by atoms with van der Waals surface area (Å²) >= 11 is 0. The van der Waals surface area contributed by atoms with Crippen LogP contribution in [0.4, 0.5) is 0 Å². The van der Waals surface area contributed by atoms with E-state index in [4.69, 9.17) is 4.74 Å². The van der Waals surface area contributed by atoms with E-state index >= 15 is 0 Å². The van der Waals surface area contributed by atoms with Crippen molar-refractivity contribution in [1.29, 1.82) is 0 Å². The maximum absolute atomic E-state index is 12.4. The predicted octanol–water partition coefficient (Wildman–Crippen LogP) is 4.10. The summed E-state index contributed by atoms with van der Waals surface area (Å²) in [5, 5.41) is 10.8. The molecule has 2 aromatic carbocycles. The van der Waals surface area contributed by atoms with E-state index in [0.29, 0.717) is 12.0 Å². The first-order chi connectivity index (χ1) is 11.6. The average Bonchev–Trinajstić information content (AvgIpc) is 2.58. The highest BCUT2D eigenvalue weighted by atomic mass is 16.5. The fraction of sp³-hybridized carbons (Fsp3) is 0.286. The molecule has 0 aliphatic heterocycles. The normalized spacial score (nSPS) is 12.2. The van der Waals surface area contributed by atoms with Crippen molar-refractivity contribution in [2.75, 3.05) is 6.61 Å². The molecule has 0 radical (unpaired) electrons. The number of ether oxygens (including phenoxy) is 1. The number of benzene rings is 2. The Morgan fingerprint density at radius 1 is 1.25 bits per heavy atom. The first-order valence-electron chi connectivity index (χ1n) is 8.29. The maximum Gasteiger partial charge on any atom is 0.342 e. The molecule has 0 saturated heterocycles. The van der Waals surface area contributed by atoms with Gasteiger partial charge in [0.1, 0.15) is 11.3 Å². The molecular weight excluding hydrogens is 300 g/mol. The number of carbonyl (C=O) groups excluding carboxylic acids is 1. The third-order valence-corrected chi connectivity index (χ3v) is 4.76. The molecule has 0 atom stereocenters. The minimum Gasteiger partial charge on any atom is -0.507 e. The van der Waals surface area contributed by atoms with Crippen LogP contribution in [0.3, 0.4) is 0 Å². The second-order valence-electron chi connectivity index (χ2n) is 6.12. The van der Waals surface area contributed by atoms with Crippen molar-refractivity contribution >= 4 is 5.97 Å². The van der Waals surface area contributed by atoms with Gasteiger partial charge < -0.3 is 9.84 Å². The SMILES string of the molecule is C=CCc1c(O)c(C(=O)OCC)c(C)c2c1Cc1ccccc1C2. The number of rotatable bonds is 4. The van der Waals surface area contributed by atoms with Crippen LogP contribution in [-0.2, 0) is 24.0 Å². The van der Waals surface area contributed by atoms with E-state index in [1.54, 1.807) is 13.0 Å². The predicted molar refractivity (Wildman–Crippen MR) is 94.8 cm³/mol. The molecule has 3 nitrogen and oxygen atoms in total. The molecule has 0 heterocycles. The van der Waals surface area contributed by atoms with Crippen LogP contribution in [0.2, 0.25) is 0 Å². The summed E-state index contributed by atoms with van der Waals surface area (Å²) in [6.07, 6.45) is 3.84. The van der Waals surface area contributed by atoms with Crippen molar-refractivity contribution in [3.05, 3.63) is 75.9 Å². The standard InChI is InChI=1S/C21H22O3/c1-4-8-16-18-12-15-10-7-6-9-14(15)11-17(18)13(3)19(20(16)22)21(23)24-5-2/h4,6-7,9-10,22H,1,5,8,11-12H2,2-3H3. The van der Waals surface area contributed by atoms with Crippen LogP contribution in [-0.4, -0.2) is 17.7 Å². The third kappa shape index (κ3) is 2.60. The molecule has 0 aromatic heterocycles. The Kier molecular flexibility index (Phi) is 4.43. The highest BCUT2D eigenvalue weighted by Gasteiger charge is 2.28. The quantitative estimate of drug-likeness (QED) is 0.581. The molecule has 2 aromatic rings. The first-order valence-corrected chi connectivity index (χ1v) is 8.29. The second kappa shape index (κ2) is 6.52. The van der Waals surface area contributed by atoms with E-state index in [1.165, 1.54) is 11.1 Å². The first kappa shape index (κ1) is 16.3. The van der Waals surface area contributed by atoms with Crippen LogP contribution >= 0.6 is 0 Å². The Hall–Kier alpha value is -2.55. The van der Waals surface area contributed by atoms with Gasteiger partial charge in [-0.15, -0.1) is 6.58 Å². The van der Waals surface area contributed by atoms with E-state index in [2.05, 4.69) is 18.7 Å². The number of phenols is 1. The molecular formula is C21H22O3. The summed E-state index contributed by atoms with van der Waals surface area (Å²) < 4.78 is 5.16. The molecule has 124 valence electrons. The largest absolute Gasteiger partial charge is 0.507 e. The lowest BCUT2D eigenvalue weighted by atomic mass is 9.79. The van der Waals surface area contributed by atoms with Gasteiger partial charge in [0.25, 0.3) is 0 Å². The summed E-state index contributed by atoms with van der Waals surface area (Å²) in [5.41, 5.74) is 6.72. The van der Waals surface area contributed by atoms with Crippen LogP contribution in [0, 0.1) is 6.92 Å². The minimum absolute atomic E-state index is 0.0454. The van der Waals surface area contributed by atoms with Gasteiger partial charge in [0.15, 0.2) is 0 Å². The van der Waals surface area contributed by atoms with Gasteiger partial charge in [-0.05, 0) is 60.9 Å². The lowest BCUT2D eigenvalue weighted by Gasteiger charge is -2.26. The van der Waals surface area contributed by atoms with Gasteiger partial charge >= 0.3 is 5.97 Å². The van der Waals surface area contributed by atoms with Gasteiger partial charge in [-0.3, -0.25) is 0 Å². The summed E-state index contributed by atoms with van der Waals surface area (Å²) in [7, 11) is 0. The highest BCUT2D eigenvalue weighted by molar-refractivity contribution is 5.95. The topological polar surface area (TPSA) is 46.5 Å². The van der Waals surface area contributed by atoms with Crippen molar-refractivity contribution in [3.8, 4) is 5.75 Å². The number of hydrogen-bond donors (Lipinski definition) is 1. The average molecular weight is 322 g/mol. The number of fused-ring (bicyclic) bond motifs is 2. The Morgan fingerprint density at radius 2 is 1.88 bits per heavy atom. The molecule has 3 rings (SSSR count). The summed E-state index contributed by atoms with van der Waals surface area (Å²) in [6.45, 7) is 7.75. The third-order valence-electron chi connectivity index (χ3n) is 4.76. The molecule has 24 heavy (non-hydrogen) atoms. The molecule has 0 unspecified atom stereocenters. The fourth-order valence-electron chi connectivity index (χ4n) is 3.58. The Bertz CT molecular complexity index is 818. The van der Waals surface area contributed by atoms with E-state index in [-0.39, 0.29) is 12.4 Å². The Labute approximate surface area is 142 Å².